The molecule has 2 heterocycles. The van der Waals surface area contributed by atoms with Crippen molar-refractivity contribution in [3.8, 4) is 11.3 Å². The van der Waals surface area contributed by atoms with E-state index in [2.05, 4.69) is 15.0 Å². The molecule has 0 saturated carbocycles. The lowest BCUT2D eigenvalue weighted by molar-refractivity contribution is -0.116. The van der Waals surface area contributed by atoms with Gasteiger partial charge in [0.25, 0.3) is 0 Å². The normalized spacial score (nSPS) is 10.8. The Kier molecular flexibility index (Phi) is 6.77. The maximum absolute atomic E-state index is 13.3. The quantitative estimate of drug-likeness (QED) is 0.307. The van der Waals surface area contributed by atoms with Gasteiger partial charge < -0.3 is 5.73 Å². The Bertz CT molecular complexity index is 1190. The summed E-state index contributed by atoms with van der Waals surface area (Å²) in [5.74, 6) is 0.0855. The number of halogens is 1. The van der Waals surface area contributed by atoms with Crippen molar-refractivity contribution in [2.75, 3.05) is 16.4 Å². The van der Waals surface area contributed by atoms with Crippen LogP contribution in [0.25, 0.3) is 11.3 Å². The third-order valence-electron chi connectivity index (χ3n) is 4.53. The van der Waals surface area contributed by atoms with Crippen LogP contribution in [0.15, 0.2) is 71.2 Å². The van der Waals surface area contributed by atoms with Crippen molar-refractivity contribution in [3.63, 3.8) is 0 Å². The van der Waals surface area contributed by atoms with Crippen LogP contribution in [0.1, 0.15) is 11.3 Å². The molecule has 0 radical (unpaired) electrons. The molecule has 162 valence electrons. The number of aromatic nitrogens is 3. The summed E-state index contributed by atoms with van der Waals surface area (Å²) in [5, 5.41) is 2.90. The smallest absolute Gasteiger partial charge is 0.239 e. The molecule has 2 aromatic heterocycles. The molecule has 0 unspecified atom stereocenters. The van der Waals surface area contributed by atoms with Gasteiger partial charge in [0.05, 0.1) is 18.0 Å². The molecule has 2 aromatic carbocycles. The highest BCUT2D eigenvalue weighted by Gasteiger charge is 2.21. The van der Waals surface area contributed by atoms with Crippen molar-refractivity contribution in [3.05, 3.63) is 83.1 Å². The van der Waals surface area contributed by atoms with Gasteiger partial charge in [-0.1, -0.05) is 42.1 Å². The van der Waals surface area contributed by atoms with Gasteiger partial charge >= 0.3 is 0 Å². The van der Waals surface area contributed by atoms with Gasteiger partial charge in [-0.05, 0) is 36.8 Å². The number of thioether (sulfide) groups is 1. The predicted molar refractivity (Wildman–Crippen MR) is 127 cm³/mol. The summed E-state index contributed by atoms with van der Waals surface area (Å²) in [6, 6.07) is 17.5. The highest BCUT2D eigenvalue weighted by Crippen LogP contribution is 2.29. The minimum atomic E-state index is -0.305. The third kappa shape index (κ3) is 5.49. The van der Waals surface area contributed by atoms with E-state index in [1.807, 2.05) is 42.6 Å². The number of anilines is 2. The maximum Gasteiger partial charge on any atom is 0.239 e. The lowest BCUT2D eigenvalue weighted by Gasteiger charge is -2.20. The first kappa shape index (κ1) is 21.9. The number of thiazole rings is 1. The van der Waals surface area contributed by atoms with Crippen LogP contribution in [0.4, 0.5) is 15.3 Å². The zero-order valence-corrected chi connectivity index (χ0v) is 18.9. The van der Waals surface area contributed by atoms with Gasteiger partial charge in [0.1, 0.15) is 11.6 Å². The Morgan fingerprint density at radius 1 is 1.09 bits per heavy atom. The van der Waals surface area contributed by atoms with Crippen molar-refractivity contribution in [1.29, 1.82) is 0 Å². The number of carbonyl (C=O) groups is 1. The third-order valence-corrected chi connectivity index (χ3v) is 6.22. The first-order valence-corrected chi connectivity index (χ1v) is 11.6. The van der Waals surface area contributed by atoms with E-state index in [1.54, 1.807) is 23.1 Å². The fraction of sp³-hybridized carbons (Fsp3) is 0.130. The summed E-state index contributed by atoms with van der Waals surface area (Å²) >= 11 is 2.61. The van der Waals surface area contributed by atoms with Gasteiger partial charge in [-0.2, -0.15) is 0 Å². The summed E-state index contributed by atoms with van der Waals surface area (Å²) in [6.07, 6.45) is 0. The molecule has 9 heteroatoms. The Morgan fingerprint density at radius 2 is 1.84 bits per heavy atom. The molecule has 0 atom stereocenters. The number of hydrogen-bond acceptors (Lipinski definition) is 7. The van der Waals surface area contributed by atoms with E-state index in [4.69, 9.17) is 5.73 Å². The molecule has 0 aliphatic heterocycles. The SMILES string of the molecule is Cc1cc(N)nc(SCC(=O)N(Cc2ccccc2)c2nc(-c3ccc(F)cc3)cs2)n1. The Balaban J connectivity index is 1.57. The van der Waals surface area contributed by atoms with Gasteiger partial charge in [-0.3, -0.25) is 9.69 Å². The topological polar surface area (TPSA) is 85.0 Å². The van der Waals surface area contributed by atoms with Crippen LogP contribution < -0.4 is 10.6 Å². The van der Waals surface area contributed by atoms with Crippen LogP contribution in [-0.4, -0.2) is 26.6 Å². The van der Waals surface area contributed by atoms with Crippen LogP contribution in [0.5, 0.6) is 0 Å². The summed E-state index contributed by atoms with van der Waals surface area (Å²) < 4.78 is 13.3. The molecule has 0 fully saturated rings. The highest BCUT2D eigenvalue weighted by molar-refractivity contribution is 7.99. The van der Waals surface area contributed by atoms with Gasteiger partial charge in [0.15, 0.2) is 10.3 Å². The number of nitrogen functional groups attached to an aromatic ring is 1. The summed E-state index contributed by atoms with van der Waals surface area (Å²) in [6.45, 7) is 2.21. The first-order chi connectivity index (χ1) is 15.5. The molecule has 6 nitrogen and oxygen atoms in total. The standard InChI is InChI=1S/C23H20FN5OS2/c1-15-11-20(25)28-22(26-15)31-14-21(30)29(12-16-5-3-2-4-6-16)23-27-19(13-32-23)17-7-9-18(24)10-8-17/h2-11,13H,12,14H2,1H3,(H2,25,26,28). The zero-order chi connectivity index (χ0) is 22.5. The molecule has 4 aromatic rings. The highest BCUT2D eigenvalue weighted by atomic mass is 32.2. The molecular formula is C23H20FN5OS2. The Hall–Kier alpha value is -3.30. The lowest BCUT2D eigenvalue weighted by Crippen LogP contribution is -2.32. The summed E-state index contributed by atoms with van der Waals surface area (Å²) in [7, 11) is 0. The predicted octanol–water partition coefficient (Wildman–Crippen LogP) is 4.96. The number of benzene rings is 2. The molecule has 0 aliphatic carbocycles. The molecule has 0 spiro atoms. The molecule has 2 N–H and O–H groups in total. The van der Waals surface area contributed by atoms with Gasteiger partial charge in [-0.25, -0.2) is 19.3 Å². The average Bonchev–Trinajstić information content (AvgIpc) is 3.26. The van der Waals surface area contributed by atoms with E-state index in [0.29, 0.717) is 28.3 Å². The maximum atomic E-state index is 13.3. The van der Waals surface area contributed by atoms with Crippen molar-refractivity contribution in [2.45, 2.75) is 18.6 Å². The van der Waals surface area contributed by atoms with Crippen molar-refractivity contribution in [2.24, 2.45) is 0 Å². The number of aryl methyl sites for hydroxylation is 1. The number of amides is 1. The van der Waals surface area contributed by atoms with E-state index in [0.717, 1.165) is 16.8 Å². The first-order valence-electron chi connectivity index (χ1n) is 9.77. The minimum Gasteiger partial charge on any atom is -0.384 e. The van der Waals surface area contributed by atoms with Crippen LogP contribution in [0, 0.1) is 12.7 Å². The monoisotopic (exact) mass is 465 g/mol. The molecule has 0 bridgehead atoms. The average molecular weight is 466 g/mol. The van der Waals surface area contributed by atoms with Gasteiger partial charge in [0.2, 0.25) is 5.91 Å². The Labute approximate surface area is 193 Å². The zero-order valence-electron chi connectivity index (χ0n) is 17.2. The molecule has 32 heavy (non-hydrogen) atoms. The van der Waals surface area contributed by atoms with E-state index >= 15 is 0 Å². The number of nitrogens with two attached hydrogens (primary N) is 1. The number of rotatable bonds is 7. The summed E-state index contributed by atoms with van der Waals surface area (Å²) in [5.41, 5.74) is 9.01. The second-order valence-electron chi connectivity index (χ2n) is 6.99. The number of carbonyl (C=O) groups excluding carboxylic acids is 1. The van der Waals surface area contributed by atoms with E-state index in [-0.39, 0.29) is 17.5 Å². The second kappa shape index (κ2) is 9.88. The summed E-state index contributed by atoms with van der Waals surface area (Å²) in [4.78, 5) is 28.0. The number of nitrogens with zero attached hydrogens (tertiary/aromatic N) is 4. The van der Waals surface area contributed by atoms with Crippen LogP contribution in [0.3, 0.4) is 0 Å². The van der Waals surface area contributed by atoms with Crippen LogP contribution >= 0.6 is 23.1 Å². The molecule has 0 aliphatic rings. The second-order valence-corrected chi connectivity index (χ2v) is 8.77. The largest absolute Gasteiger partial charge is 0.384 e. The molecule has 0 saturated heterocycles. The van der Waals surface area contributed by atoms with Crippen molar-refractivity contribution >= 4 is 40.0 Å². The van der Waals surface area contributed by atoms with Crippen LogP contribution in [-0.2, 0) is 11.3 Å². The van der Waals surface area contributed by atoms with Gasteiger partial charge in [0, 0.05) is 22.7 Å². The molecule has 1 amide bonds. The lowest BCUT2D eigenvalue weighted by atomic mass is 10.2. The Morgan fingerprint density at radius 3 is 2.56 bits per heavy atom. The minimum absolute atomic E-state index is 0.123. The van der Waals surface area contributed by atoms with Crippen molar-refractivity contribution in [1.82, 2.24) is 15.0 Å². The molecular weight excluding hydrogens is 445 g/mol. The fourth-order valence-corrected chi connectivity index (χ4v) is 4.64. The number of hydrogen-bond donors (Lipinski definition) is 1. The van der Waals surface area contributed by atoms with Gasteiger partial charge in [-0.15, -0.1) is 11.3 Å². The fourth-order valence-electron chi connectivity index (χ4n) is 3.00. The molecule has 4 rings (SSSR count). The van der Waals surface area contributed by atoms with E-state index in [9.17, 15) is 9.18 Å². The van der Waals surface area contributed by atoms with E-state index < -0.39 is 0 Å². The van der Waals surface area contributed by atoms with E-state index in [1.165, 1.54) is 35.2 Å². The van der Waals surface area contributed by atoms with Crippen LogP contribution in [0.2, 0.25) is 0 Å². The van der Waals surface area contributed by atoms with Crippen molar-refractivity contribution < 1.29 is 9.18 Å².